The maximum atomic E-state index is 12.2. The Bertz CT molecular complexity index is 386. The summed E-state index contributed by atoms with van der Waals surface area (Å²) in [5.74, 6) is -0.276. The lowest BCUT2D eigenvalue weighted by molar-refractivity contribution is -0.121. The fourth-order valence-electron chi connectivity index (χ4n) is 2.57. The Morgan fingerprint density at radius 2 is 2.16 bits per heavy atom. The lowest BCUT2D eigenvalue weighted by Crippen LogP contribution is -2.46. The highest BCUT2D eigenvalue weighted by molar-refractivity contribution is 5.85. The predicted octanol–water partition coefficient (Wildman–Crippen LogP) is -0.884. The first-order valence-corrected chi connectivity index (χ1v) is 6.62. The van der Waals surface area contributed by atoms with Crippen LogP contribution in [0.5, 0.6) is 0 Å². The third kappa shape index (κ3) is 3.35. The normalized spacial score (nSPS) is 20.5. The van der Waals surface area contributed by atoms with E-state index in [0.717, 1.165) is 25.9 Å². The number of carbonyl (C=O) groups is 2. The van der Waals surface area contributed by atoms with Crippen LogP contribution in [0.4, 0.5) is 4.79 Å². The van der Waals surface area contributed by atoms with E-state index in [4.69, 9.17) is 5.26 Å². The van der Waals surface area contributed by atoms with Crippen molar-refractivity contribution in [1.82, 2.24) is 20.4 Å². The van der Waals surface area contributed by atoms with E-state index >= 15 is 0 Å². The number of hydrogen-bond acceptors (Lipinski definition) is 4. The second-order valence-electron chi connectivity index (χ2n) is 4.81. The molecule has 0 aromatic carbocycles. The topological polar surface area (TPSA) is 88.5 Å². The molecule has 7 nitrogen and oxygen atoms in total. The van der Waals surface area contributed by atoms with Crippen molar-refractivity contribution in [2.45, 2.75) is 18.9 Å². The number of hydrogen-bond donors (Lipinski definition) is 2. The summed E-state index contributed by atoms with van der Waals surface area (Å²) in [5.41, 5.74) is 0. The number of piperidine rings is 1. The van der Waals surface area contributed by atoms with Gasteiger partial charge in [-0.25, -0.2) is 4.79 Å². The third-order valence-corrected chi connectivity index (χ3v) is 3.58. The van der Waals surface area contributed by atoms with Gasteiger partial charge in [-0.05, 0) is 25.9 Å². The first-order valence-electron chi connectivity index (χ1n) is 6.62. The van der Waals surface area contributed by atoms with Crippen LogP contribution in [0.15, 0.2) is 0 Å². The number of carbonyl (C=O) groups excluding carboxylic acids is 2. The number of nitrogens with one attached hydrogen (secondary N) is 2. The van der Waals surface area contributed by atoms with Gasteiger partial charge in [-0.1, -0.05) is 0 Å². The van der Waals surface area contributed by atoms with Gasteiger partial charge in [0.25, 0.3) is 0 Å². The smallest absolute Gasteiger partial charge is 0.320 e. The van der Waals surface area contributed by atoms with Crippen LogP contribution in [-0.2, 0) is 4.79 Å². The zero-order valence-corrected chi connectivity index (χ0v) is 10.9. The van der Waals surface area contributed by atoms with Gasteiger partial charge < -0.3 is 20.4 Å². The summed E-state index contributed by atoms with van der Waals surface area (Å²) in [7, 11) is 0. The fourth-order valence-corrected chi connectivity index (χ4v) is 2.57. The van der Waals surface area contributed by atoms with Crippen LogP contribution in [0.25, 0.3) is 0 Å². The van der Waals surface area contributed by atoms with E-state index in [1.807, 2.05) is 11.0 Å². The molecule has 0 aromatic heterocycles. The van der Waals surface area contributed by atoms with Crippen molar-refractivity contribution in [3.05, 3.63) is 0 Å². The molecule has 2 heterocycles. The van der Waals surface area contributed by atoms with Gasteiger partial charge in [0.05, 0.1) is 6.07 Å². The van der Waals surface area contributed by atoms with E-state index < -0.39 is 0 Å². The Hall–Kier alpha value is -1.81. The van der Waals surface area contributed by atoms with Gasteiger partial charge in [-0.2, -0.15) is 5.26 Å². The molecular formula is C12H19N5O2. The van der Waals surface area contributed by atoms with E-state index in [-0.39, 0.29) is 25.0 Å². The van der Waals surface area contributed by atoms with Crippen LogP contribution in [0, 0.1) is 11.3 Å². The second-order valence-corrected chi connectivity index (χ2v) is 4.81. The van der Waals surface area contributed by atoms with Crippen molar-refractivity contribution in [2.24, 2.45) is 0 Å². The van der Waals surface area contributed by atoms with Crippen molar-refractivity contribution in [1.29, 1.82) is 5.26 Å². The van der Waals surface area contributed by atoms with Crippen LogP contribution >= 0.6 is 0 Å². The summed E-state index contributed by atoms with van der Waals surface area (Å²) in [6.07, 6.45) is 1.94. The minimum Gasteiger partial charge on any atom is -0.341 e. The third-order valence-electron chi connectivity index (χ3n) is 3.58. The minimum atomic E-state index is -0.276. The number of nitrogens with zero attached hydrogens (tertiary/aromatic N) is 3. The standard InChI is InChI=1S/C12H19N5O2/c13-3-6-15-11(18)9-16-7-8-17(12(16)19)10-1-4-14-5-2-10/h10,14H,1-2,4-9H2,(H,15,18). The van der Waals surface area contributed by atoms with Gasteiger partial charge in [0, 0.05) is 19.1 Å². The van der Waals surface area contributed by atoms with Crippen molar-refractivity contribution in [3.8, 4) is 6.07 Å². The van der Waals surface area contributed by atoms with E-state index in [1.54, 1.807) is 4.90 Å². The lowest BCUT2D eigenvalue weighted by Gasteiger charge is -2.31. The molecule has 0 saturated carbocycles. The molecule has 0 bridgehead atoms. The monoisotopic (exact) mass is 265 g/mol. The fraction of sp³-hybridized carbons (Fsp3) is 0.750. The summed E-state index contributed by atoms with van der Waals surface area (Å²) < 4.78 is 0. The Kier molecular flexibility index (Phi) is 4.58. The molecule has 2 rings (SSSR count). The van der Waals surface area contributed by atoms with Crippen LogP contribution in [0.3, 0.4) is 0 Å². The molecule has 2 aliphatic heterocycles. The van der Waals surface area contributed by atoms with Gasteiger partial charge >= 0.3 is 6.03 Å². The maximum absolute atomic E-state index is 12.2. The number of amides is 3. The summed E-state index contributed by atoms with van der Waals surface area (Å²) >= 11 is 0. The molecule has 3 amide bonds. The first kappa shape index (κ1) is 13.6. The molecule has 2 saturated heterocycles. The van der Waals surface area contributed by atoms with Crippen LogP contribution in [0.1, 0.15) is 12.8 Å². The highest BCUT2D eigenvalue weighted by atomic mass is 16.2. The lowest BCUT2D eigenvalue weighted by atomic mass is 10.1. The van der Waals surface area contributed by atoms with Gasteiger partial charge in [0.1, 0.15) is 13.1 Å². The molecule has 104 valence electrons. The van der Waals surface area contributed by atoms with Crippen molar-refractivity contribution in [2.75, 3.05) is 39.3 Å². The molecule has 0 aromatic rings. The minimum absolute atomic E-state index is 0.0150. The summed E-state index contributed by atoms with van der Waals surface area (Å²) in [4.78, 5) is 27.1. The largest absolute Gasteiger partial charge is 0.341 e. The molecule has 7 heteroatoms. The van der Waals surface area contributed by atoms with Crippen molar-refractivity contribution in [3.63, 3.8) is 0 Å². The highest BCUT2D eigenvalue weighted by Gasteiger charge is 2.34. The van der Waals surface area contributed by atoms with E-state index in [1.165, 1.54) is 0 Å². The summed E-state index contributed by atoms with van der Waals surface area (Å²) in [6.45, 7) is 3.19. The van der Waals surface area contributed by atoms with E-state index in [2.05, 4.69) is 10.6 Å². The molecule has 2 aliphatic rings. The average molecular weight is 265 g/mol. The first-order chi connectivity index (χ1) is 9.22. The Balaban J connectivity index is 1.83. The van der Waals surface area contributed by atoms with Crippen LogP contribution in [-0.4, -0.2) is 67.0 Å². The molecule has 0 atom stereocenters. The van der Waals surface area contributed by atoms with Crippen LogP contribution < -0.4 is 10.6 Å². The molecule has 2 N–H and O–H groups in total. The maximum Gasteiger partial charge on any atom is 0.320 e. The Morgan fingerprint density at radius 1 is 1.42 bits per heavy atom. The van der Waals surface area contributed by atoms with Gasteiger partial charge in [0.15, 0.2) is 0 Å². The SMILES string of the molecule is N#CCNC(=O)CN1CCN(C2CCNCC2)C1=O. The zero-order chi connectivity index (χ0) is 13.7. The molecule has 0 unspecified atom stereocenters. The second kappa shape index (κ2) is 6.38. The van der Waals surface area contributed by atoms with Gasteiger partial charge in [-0.3, -0.25) is 4.79 Å². The number of urea groups is 1. The molecule has 19 heavy (non-hydrogen) atoms. The van der Waals surface area contributed by atoms with Crippen molar-refractivity contribution >= 4 is 11.9 Å². The van der Waals surface area contributed by atoms with E-state index in [9.17, 15) is 9.59 Å². The molecule has 0 spiro atoms. The number of nitriles is 1. The van der Waals surface area contributed by atoms with Gasteiger partial charge in [0.2, 0.25) is 5.91 Å². The van der Waals surface area contributed by atoms with Crippen molar-refractivity contribution < 1.29 is 9.59 Å². The highest BCUT2D eigenvalue weighted by Crippen LogP contribution is 2.18. The molecule has 2 fully saturated rings. The predicted molar refractivity (Wildman–Crippen MR) is 68.2 cm³/mol. The average Bonchev–Trinajstić information content (AvgIpc) is 2.79. The summed E-state index contributed by atoms with van der Waals surface area (Å²) in [6, 6.07) is 2.08. The Labute approximate surface area is 112 Å². The quantitative estimate of drug-likeness (QED) is 0.646. The van der Waals surface area contributed by atoms with Crippen LogP contribution in [0.2, 0.25) is 0 Å². The zero-order valence-electron chi connectivity index (χ0n) is 10.9. The molecular weight excluding hydrogens is 246 g/mol. The Morgan fingerprint density at radius 3 is 2.84 bits per heavy atom. The molecule has 0 aliphatic carbocycles. The molecule has 0 radical (unpaired) electrons. The van der Waals surface area contributed by atoms with E-state index in [0.29, 0.717) is 19.1 Å². The summed E-state index contributed by atoms with van der Waals surface area (Å²) in [5, 5.41) is 14.1. The number of rotatable bonds is 4. The van der Waals surface area contributed by atoms with Gasteiger partial charge in [-0.15, -0.1) is 0 Å².